The molecule has 1 fully saturated rings. The SMILES string of the molecule is NS(=O)(=O)c1ccc(Cl)c(NC(=O)CC2CC2)c1. The Morgan fingerprint density at radius 3 is 2.67 bits per heavy atom. The lowest BCUT2D eigenvalue weighted by atomic mass is 10.2. The first-order valence-corrected chi connectivity index (χ1v) is 7.41. The highest BCUT2D eigenvalue weighted by atomic mass is 35.5. The number of halogens is 1. The van der Waals surface area contributed by atoms with E-state index in [1.54, 1.807) is 0 Å². The van der Waals surface area contributed by atoms with Crippen LogP contribution in [0.15, 0.2) is 23.1 Å². The molecule has 2 rings (SSSR count). The first kappa shape index (κ1) is 13.3. The van der Waals surface area contributed by atoms with E-state index >= 15 is 0 Å². The number of nitrogens with two attached hydrogens (primary N) is 1. The Kier molecular flexibility index (Phi) is 3.61. The number of rotatable bonds is 4. The van der Waals surface area contributed by atoms with E-state index in [9.17, 15) is 13.2 Å². The van der Waals surface area contributed by atoms with E-state index in [0.29, 0.717) is 12.3 Å². The van der Waals surface area contributed by atoms with Gasteiger partial charge in [0, 0.05) is 6.42 Å². The van der Waals surface area contributed by atoms with Gasteiger partial charge in [0.05, 0.1) is 15.6 Å². The molecule has 0 spiro atoms. The summed E-state index contributed by atoms with van der Waals surface area (Å²) in [7, 11) is -3.80. The maximum atomic E-state index is 11.6. The van der Waals surface area contributed by atoms with Gasteiger partial charge < -0.3 is 5.32 Å². The van der Waals surface area contributed by atoms with Crippen LogP contribution in [-0.2, 0) is 14.8 Å². The first-order valence-electron chi connectivity index (χ1n) is 5.48. The number of benzene rings is 1. The first-order chi connectivity index (χ1) is 8.36. The second-order valence-electron chi connectivity index (χ2n) is 4.38. The molecule has 0 saturated heterocycles. The monoisotopic (exact) mass is 288 g/mol. The molecule has 5 nitrogen and oxygen atoms in total. The number of anilines is 1. The van der Waals surface area contributed by atoms with E-state index in [1.807, 2.05) is 0 Å². The Labute approximate surface area is 110 Å². The molecule has 1 amide bonds. The normalized spacial score (nSPS) is 15.4. The zero-order valence-electron chi connectivity index (χ0n) is 9.52. The van der Waals surface area contributed by atoms with Crippen molar-refractivity contribution in [3.63, 3.8) is 0 Å². The largest absolute Gasteiger partial charge is 0.325 e. The summed E-state index contributed by atoms with van der Waals surface area (Å²) in [6, 6.07) is 3.96. The van der Waals surface area contributed by atoms with Crippen molar-refractivity contribution in [2.24, 2.45) is 11.1 Å². The van der Waals surface area contributed by atoms with E-state index in [2.05, 4.69) is 5.32 Å². The number of hydrogen-bond donors (Lipinski definition) is 2. The standard InChI is InChI=1S/C11H13ClN2O3S/c12-9-4-3-8(18(13,16)17)6-10(9)14-11(15)5-7-1-2-7/h3-4,6-7H,1-2,5H2,(H,14,15)(H2,13,16,17). The van der Waals surface area contributed by atoms with Gasteiger partial charge in [-0.1, -0.05) is 11.6 Å². The van der Waals surface area contributed by atoms with E-state index in [-0.39, 0.29) is 21.5 Å². The lowest BCUT2D eigenvalue weighted by Crippen LogP contribution is -2.15. The predicted molar refractivity (Wildman–Crippen MR) is 68.8 cm³/mol. The quantitative estimate of drug-likeness (QED) is 0.884. The third kappa shape index (κ3) is 3.44. The zero-order chi connectivity index (χ0) is 13.3. The molecular formula is C11H13ClN2O3S. The number of nitrogens with one attached hydrogen (secondary N) is 1. The Balaban J connectivity index is 2.17. The van der Waals surface area contributed by atoms with Gasteiger partial charge in [0.25, 0.3) is 0 Å². The molecule has 0 radical (unpaired) electrons. The number of carbonyl (C=O) groups excluding carboxylic acids is 1. The van der Waals surface area contributed by atoms with Crippen molar-refractivity contribution in [2.75, 3.05) is 5.32 Å². The van der Waals surface area contributed by atoms with Gasteiger partial charge in [0.2, 0.25) is 15.9 Å². The molecule has 0 unspecified atom stereocenters. The van der Waals surface area contributed by atoms with Gasteiger partial charge >= 0.3 is 0 Å². The molecule has 7 heteroatoms. The van der Waals surface area contributed by atoms with Crippen LogP contribution < -0.4 is 10.5 Å². The summed E-state index contributed by atoms with van der Waals surface area (Å²) in [6.45, 7) is 0. The summed E-state index contributed by atoms with van der Waals surface area (Å²) in [5, 5.41) is 7.90. The Bertz CT molecular complexity index is 582. The Morgan fingerprint density at radius 1 is 1.44 bits per heavy atom. The number of hydrogen-bond acceptors (Lipinski definition) is 3. The third-order valence-electron chi connectivity index (χ3n) is 2.71. The fraction of sp³-hybridized carbons (Fsp3) is 0.364. The minimum atomic E-state index is -3.80. The van der Waals surface area contributed by atoms with E-state index in [1.165, 1.54) is 18.2 Å². The van der Waals surface area contributed by atoms with Crippen molar-refractivity contribution in [2.45, 2.75) is 24.2 Å². The number of amides is 1. The third-order valence-corrected chi connectivity index (χ3v) is 3.95. The molecule has 0 heterocycles. The van der Waals surface area contributed by atoms with Crippen LogP contribution >= 0.6 is 11.6 Å². The van der Waals surface area contributed by atoms with Crippen LogP contribution in [0.3, 0.4) is 0 Å². The molecule has 0 aromatic heterocycles. The summed E-state index contributed by atoms with van der Waals surface area (Å²) < 4.78 is 22.4. The fourth-order valence-electron chi connectivity index (χ4n) is 1.56. The fourth-order valence-corrected chi connectivity index (χ4v) is 2.27. The average Bonchev–Trinajstić information content (AvgIpc) is 3.03. The highest BCUT2D eigenvalue weighted by Gasteiger charge is 2.24. The molecular weight excluding hydrogens is 276 g/mol. The number of sulfonamides is 1. The summed E-state index contributed by atoms with van der Waals surface area (Å²) in [6.07, 6.45) is 2.58. The van der Waals surface area contributed by atoms with Crippen molar-refractivity contribution in [1.82, 2.24) is 0 Å². The average molecular weight is 289 g/mol. The van der Waals surface area contributed by atoms with Gasteiger partial charge in [-0.25, -0.2) is 13.6 Å². The Morgan fingerprint density at radius 2 is 2.11 bits per heavy atom. The molecule has 1 aromatic carbocycles. The lowest BCUT2D eigenvalue weighted by Gasteiger charge is -2.08. The van der Waals surface area contributed by atoms with Crippen molar-refractivity contribution in [3.8, 4) is 0 Å². The highest BCUT2D eigenvalue weighted by molar-refractivity contribution is 7.89. The summed E-state index contributed by atoms with van der Waals surface area (Å²) >= 11 is 5.89. The van der Waals surface area contributed by atoms with Crippen LogP contribution in [0.25, 0.3) is 0 Å². The summed E-state index contributed by atoms with van der Waals surface area (Å²) in [5.74, 6) is 0.288. The van der Waals surface area contributed by atoms with Crippen molar-refractivity contribution in [3.05, 3.63) is 23.2 Å². The molecule has 1 saturated carbocycles. The smallest absolute Gasteiger partial charge is 0.238 e. The molecule has 1 aromatic rings. The number of carbonyl (C=O) groups is 1. The molecule has 98 valence electrons. The van der Waals surface area contributed by atoms with Gasteiger partial charge in [-0.2, -0.15) is 0 Å². The highest BCUT2D eigenvalue weighted by Crippen LogP contribution is 2.33. The van der Waals surface area contributed by atoms with Crippen molar-refractivity contribution in [1.29, 1.82) is 0 Å². The maximum absolute atomic E-state index is 11.6. The van der Waals surface area contributed by atoms with Gasteiger partial charge in [0.1, 0.15) is 0 Å². The summed E-state index contributed by atoms with van der Waals surface area (Å²) in [5.41, 5.74) is 0.272. The molecule has 1 aliphatic rings. The maximum Gasteiger partial charge on any atom is 0.238 e. The van der Waals surface area contributed by atoms with Gasteiger partial charge in [-0.3, -0.25) is 4.79 Å². The Hall–Kier alpha value is -1.11. The topological polar surface area (TPSA) is 89.3 Å². The predicted octanol–water partition coefficient (Wildman–Crippen LogP) is 1.73. The second kappa shape index (κ2) is 4.87. The van der Waals surface area contributed by atoms with Crippen LogP contribution in [0.4, 0.5) is 5.69 Å². The second-order valence-corrected chi connectivity index (χ2v) is 6.35. The van der Waals surface area contributed by atoms with Crippen LogP contribution in [0.1, 0.15) is 19.3 Å². The molecule has 0 atom stereocenters. The number of primary sulfonamides is 1. The molecule has 3 N–H and O–H groups in total. The van der Waals surface area contributed by atoms with Gasteiger partial charge in [-0.15, -0.1) is 0 Å². The molecule has 0 bridgehead atoms. The van der Waals surface area contributed by atoms with Crippen LogP contribution in [0.5, 0.6) is 0 Å². The van der Waals surface area contributed by atoms with Crippen molar-refractivity contribution >= 4 is 33.2 Å². The lowest BCUT2D eigenvalue weighted by molar-refractivity contribution is -0.116. The minimum Gasteiger partial charge on any atom is -0.325 e. The van der Waals surface area contributed by atoms with Crippen molar-refractivity contribution < 1.29 is 13.2 Å². The zero-order valence-corrected chi connectivity index (χ0v) is 11.1. The van der Waals surface area contributed by atoms with Gasteiger partial charge in [-0.05, 0) is 37.0 Å². The van der Waals surface area contributed by atoms with E-state index in [4.69, 9.17) is 16.7 Å². The van der Waals surface area contributed by atoms with E-state index < -0.39 is 10.0 Å². The van der Waals surface area contributed by atoms with E-state index in [0.717, 1.165) is 12.8 Å². The minimum absolute atomic E-state index is 0.0754. The molecule has 18 heavy (non-hydrogen) atoms. The van der Waals surface area contributed by atoms with Crippen LogP contribution in [0.2, 0.25) is 5.02 Å². The summed E-state index contributed by atoms with van der Waals surface area (Å²) in [4.78, 5) is 11.6. The van der Waals surface area contributed by atoms with Crippen LogP contribution in [0, 0.1) is 5.92 Å². The van der Waals surface area contributed by atoms with Gasteiger partial charge in [0.15, 0.2) is 0 Å². The van der Waals surface area contributed by atoms with Crippen LogP contribution in [-0.4, -0.2) is 14.3 Å². The molecule has 1 aliphatic carbocycles. The molecule has 0 aliphatic heterocycles.